The molecule has 1 atom stereocenters. The van der Waals surface area contributed by atoms with Gasteiger partial charge in [-0.15, -0.1) is 0 Å². The van der Waals surface area contributed by atoms with Crippen molar-refractivity contribution in [1.29, 1.82) is 0 Å². The number of likely N-dealkylation sites (tertiary alicyclic amines) is 1. The standard InChI is InChI=1S/C12H23F2N3/c1-3-16-5-4-11(12(13,14)10-16)17-8-6-15(2)7-9-17/h11H,3-10H2,1-2H3. The molecule has 2 aliphatic rings. The van der Waals surface area contributed by atoms with Crippen LogP contribution in [-0.2, 0) is 0 Å². The minimum absolute atomic E-state index is 0.0689. The lowest BCUT2D eigenvalue weighted by atomic mass is 9.98. The van der Waals surface area contributed by atoms with E-state index in [4.69, 9.17) is 0 Å². The number of likely N-dealkylation sites (N-methyl/N-ethyl adjacent to an activating group) is 1. The van der Waals surface area contributed by atoms with Crippen LogP contribution in [0.25, 0.3) is 0 Å². The molecule has 100 valence electrons. The highest BCUT2D eigenvalue weighted by Gasteiger charge is 2.47. The van der Waals surface area contributed by atoms with Gasteiger partial charge in [0.2, 0.25) is 0 Å². The first-order chi connectivity index (χ1) is 8.03. The Labute approximate surface area is 102 Å². The molecule has 0 bridgehead atoms. The van der Waals surface area contributed by atoms with Crippen LogP contribution >= 0.6 is 0 Å². The summed E-state index contributed by atoms with van der Waals surface area (Å²) in [5.74, 6) is -2.55. The van der Waals surface area contributed by atoms with Crippen LogP contribution in [0.2, 0.25) is 0 Å². The number of hydrogen-bond acceptors (Lipinski definition) is 3. The van der Waals surface area contributed by atoms with E-state index in [2.05, 4.69) is 11.9 Å². The predicted molar refractivity (Wildman–Crippen MR) is 64.5 cm³/mol. The Morgan fingerprint density at radius 2 is 1.76 bits per heavy atom. The van der Waals surface area contributed by atoms with E-state index in [1.165, 1.54) is 0 Å². The zero-order chi connectivity index (χ0) is 12.5. The minimum Gasteiger partial charge on any atom is -0.304 e. The van der Waals surface area contributed by atoms with Gasteiger partial charge in [0, 0.05) is 32.7 Å². The molecule has 5 heteroatoms. The van der Waals surface area contributed by atoms with Crippen molar-refractivity contribution in [3.8, 4) is 0 Å². The van der Waals surface area contributed by atoms with Gasteiger partial charge in [0.1, 0.15) is 0 Å². The summed E-state index contributed by atoms with van der Waals surface area (Å²) in [6.45, 7) is 6.79. The largest absolute Gasteiger partial charge is 0.304 e. The summed E-state index contributed by atoms with van der Waals surface area (Å²) in [6, 6.07) is -0.543. The molecule has 17 heavy (non-hydrogen) atoms. The van der Waals surface area contributed by atoms with Crippen molar-refractivity contribution in [2.75, 3.05) is 52.9 Å². The summed E-state index contributed by atoms with van der Waals surface area (Å²) < 4.78 is 28.2. The third-order valence-electron chi connectivity index (χ3n) is 4.07. The van der Waals surface area contributed by atoms with Gasteiger partial charge in [-0.05, 0) is 20.0 Å². The van der Waals surface area contributed by atoms with Gasteiger partial charge in [-0.2, -0.15) is 0 Å². The Balaban J connectivity index is 1.96. The molecule has 2 rings (SSSR count). The number of alkyl halides is 2. The van der Waals surface area contributed by atoms with Crippen LogP contribution in [-0.4, -0.2) is 79.5 Å². The molecule has 0 radical (unpaired) electrons. The van der Waals surface area contributed by atoms with E-state index in [1.54, 1.807) is 0 Å². The molecule has 2 saturated heterocycles. The van der Waals surface area contributed by atoms with E-state index in [9.17, 15) is 8.78 Å². The van der Waals surface area contributed by atoms with E-state index >= 15 is 0 Å². The summed E-state index contributed by atoms with van der Waals surface area (Å²) >= 11 is 0. The van der Waals surface area contributed by atoms with Crippen molar-refractivity contribution in [2.45, 2.75) is 25.3 Å². The van der Waals surface area contributed by atoms with Crippen LogP contribution in [0.15, 0.2) is 0 Å². The number of halogens is 2. The first-order valence-corrected chi connectivity index (χ1v) is 6.55. The molecule has 0 aromatic heterocycles. The van der Waals surface area contributed by atoms with Gasteiger partial charge in [0.05, 0.1) is 12.6 Å². The van der Waals surface area contributed by atoms with Crippen molar-refractivity contribution in [3.05, 3.63) is 0 Å². The van der Waals surface area contributed by atoms with Crippen LogP contribution in [0, 0.1) is 0 Å². The molecule has 2 fully saturated rings. The van der Waals surface area contributed by atoms with Gasteiger partial charge >= 0.3 is 0 Å². The monoisotopic (exact) mass is 247 g/mol. The molecule has 2 heterocycles. The molecule has 0 N–H and O–H groups in total. The van der Waals surface area contributed by atoms with E-state index in [-0.39, 0.29) is 6.54 Å². The number of nitrogens with zero attached hydrogens (tertiary/aromatic N) is 3. The summed E-state index contributed by atoms with van der Waals surface area (Å²) in [7, 11) is 2.05. The van der Waals surface area contributed by atoms with Crippen molar-refractivity contribution in [2.24, 2.45) is 0 Å². The van der Waals surface area contributed by atoms with Crippen LogP contribution in [0.1, 0.15) is 13.3 Å². The quantitative estimate of drug-likeness (QED) is 0.720. The summed E-state index contributed by atoms with van der Waals surface area (Å²) in [4.78, 5) is 6.05. The third kappa shape index (κ3) is 2.95. The fourth-order valence-corrected chi connectivity index (χ4v) is 2.85. The van der Waals surface area contributed by atoms with Crippen LogP contribution in [0.4, 0.5) is 8.78 Å². The molecule has 3 nitrogen and oxygen atoms in total. The van der Waals surface area contributed by atoms with Gasteiger partial charge in [-0.1, -0.05) is 6.92 Å². The Kier molecular flexibility index (Phi) is 4.00. The molecule has 1 unspecified atom stereocenters. The maximum atomic E-state index is 14.1. The molecule has 2 aliphatic heterocycles. The fraction of sp³-hybridized carbons (Fsp3) is 1.00. The van der Waals surface area contributed by atoms with E-state index in [0.717, 1.165) is 39.3 Å². The molecular weight excluding hydrogens is 224 g/mol. The molecule has 0 spiro atoms. The molecule has 0 aliphatic carbocycles. The fourth-order valence-electron chi connectivity index (χ4n) is 2.85. The van der Waals surface area contributed by atoms with Crippen molar-refractivity contribution in [1.82, 2.24) is 14.7 Å². The number of piperazine rings is 1. The normalized spacial score (nSPS) is 32.8. The lowest BCUT2D eigenvalue weighted by molar-refractivity contribution is -0.131. The Morgan fingerprint density at radius 1 is 1.12 bits per heavy atom. The number of hydrogen-bond donors (Lipinski definition) is 0. The average molecular weight is 247 g/mol. The second kappa shape index (κ2) is 5.16. The second-order valence-corrected chi connectivity index (χ2v) is 5.27. The van der Waals surface area contributed by atoms with Crippen molar-refractivity contribution in [3.63, 3.8) is 0 Å². The van der Waals surface area contributed by atoms with Gasteiger partial charge in [0.15, 0.2) is 0 Å². The zero-order valence-corrected chi connectivity index (χ0v) is 10.8. The smallest absolute Gasteiger partial charge is 0.275 e. The van der Waals surface area contributed by atoms with Crippen LogP contribution in [0.5, 0.6) is 0 Å². The SMILES string of the molecule is CCN1CCC(N2CCN(C)CC2)C(F)(F)C1. The average Bonchev–Trinajstić information content (AvgIpc) is 2.29. The molecule has 0 aromatic carbocycles. The van der Waals surface area contributed by atoms with E-state index < -0.39 is 12.0 Å². The van der Waals surface area contributed by atoms with Gasteiger partial charge in [0.25, 0.3) is 5.92 Å². The van der Waals surface area contributed by atoms with Gasteiger partial charge < -0.3 is 4.90 Å². The highest BCUT2D eigenvalue weighted by Crippen LogP contribution is 2.31. The van der Waals surface area contributed by atoms with Gasteiger partial charge in [-0.3, -0.25) is 9.80 Å². The van der Waals surface area contributed by atoms with E-state index in [0.29, 0.717) is 6.42 Å². The third-order valence-corrected chi connectivity index (χ3v) is 4.07. The first kappa shape index (κ1) is 13.2. The first-order valence-electron chi connectivity index (χ1n) is 6.55. The second-order valence-electron chi connectivity index (χ2n) is 5.27. The Hall–Kier alpha value is -0.260. The lowest BCUT2D eigenvalue weighted by Crippen LogP contribution is -2.61. The van der Waals surface area contributed by atoms with Crippen molar-refractivity contribution >= 4 is 0 Å². The minimum atomic E-state index is -2.55. The maximum Gasteiger partial charge on any atom is 0.275 e. The van der Waals surface area contributed by atoms with Crippen LogP contribution < -0.4 is 0 Å². The predicted octanol–water partition coefficient (Wildman–Crippen LogP) is 0.963. The Morgan fingerprint density at radius 3 is 2.29 bits per heavy atom. The summed E-state index contributed by atoms with van der Waals surface area (Å²) in [5, 5.41) is 0. The van der Waals surface area contributed by atoms with Crippen molar-refractivity contribution < 1.29 is 8.78 Å². The molecular formula is C12H23F2N3. The van der Waals surface area contributed by atoms with Crippen LogP contribution in [0.3, 0.4) is 0 Å². The number of rotatable bonds is 2. The molecule has 0 aromatic rings. The highest BCUT2D eigenvalue weighted by atomic mass is 19.3. The van der Waals surface area contributed by atoms with Gasteiger partial charge in [-0.25, -0.2) is 8.78 Å². The summed E-state index contributed by atoms with van der Waals surface area (Å²) in [5.41, 5.74) is 0. The zero-order valence-electron chi connectivity index (χ0n) is 10.8. The topological polar surface area (TPSA) is 9.72 Å². The lowest BCUT2D eigenvalue weighted by Gasteiger charge is -2.45. The summed E-state index contributed by atoms with van der Waals surface area (Å²) in [6.07, 6.45) is 0.602. The molecule has 0 saturated carbocycles. The van der Waals surface area contributed by atoms with E-state index in [1.807, 2.05) is 16.7 Å². The molecule has 0 amide bonds. The number of piperidine rings is 1. The Bertz CT molecular complexity index is 252. The highest BCUT2D eigenvalue weighted by molar-refractivity contribution is 4.94. The maximum absolute atomic E-state index is 14.1.